The quantitative estimate of drug-likeness (QED) is 0.887. The smallest absolute Gasteiger partial charge is 0.277 e. The lowest BCUT2D eigenvalue weighted by atomic mass is 10.2. The highest BCUT2D eigenvalue weighted by Gasteiger charge is 2.12. The molecule has 0 spiro atoms. The van der Waals surface area contributed by atoms with Gasteiger partial charge >= 0.3 is 0 Å². The standard InChI is InChI=1S/C12H14ClN5O/c1-8-2-3-9(13)6-10(8)15-12(19)11-7-18(5-4-14)17-16-11/h2-3,6-7H,4-5,14H2,1H3,(H,15,19). The number of nitrogens with two attached hydrogens (primary N) is 1. The summed E-state index contributed by atoms with van der Waals surface area (Å²) >= 11 is 5.89. The molecule has 0 unspecified atom stereocenters. The van der Waals surface area contributed by atoms with E-state index in [2.05, 4.69) is 15.6 Å². The first-order valence-electron chi connectivity index (χ1n) is 5.78. The Morgan fingerprint density at radius 2 is 2.32 bits per heavy atom. The Balaban J connectivity index is 2.13. The molecule has 1 amide bonds. The number of nitrogens with zero attached hydrogens (tertiary/aromatic N) is 3. The molecule has 1 aromatic heterocycles. The molecule has 2 aromatic rings. The van der Waals surface area contributed by atoms with Crippen molar-refractivity contribution < 1.29 is 4.79 Å². The number of amides is 1. The fourth-order valence-corrected chi connectivity index (χ4v) is 1.73. The number of carbonyl (C=O) groups excluding carboxylic acids is 1. The van der Waals surface area contributed by atoms with E-state index in [4.69, 9.17) is 17.3 Å². The van der Waals surface area contributed by atoms with Gasteiger partial charge < -0.3 is 11.1 Å². The number of nitrogens with one attached hydrogen (secondary N) is 1. The van der Waals surface area contributed by atoms with Gasteiger partial charge in [0.15, 0.2) is 5.69 Å². The highest BCUT2D eigenvalue weighted by molar-refractivity contribution is 6.31. The third-order valence-corrected chi connectivity index (χ3v) is 2.81. The Labute approximate surface area is 115 Å². The van der Waals surface area contributed by atoms with E-state index in [0.717, 1.165) is 5.56 Å². The number of hydrogen-bond acceptors (Lipinski definition) is 4. The van der Waals surface area contributed by atoms with Gasteiger partial charge in [-0.3, -0.25) is 9.48 Å². The number of halogens is 1. The first kappa shape index (κ1) is 13.5. The van der Waals surface area contributed by atoms with Gasteiger partial charge in [0.1, 0.15) is 0 Å². The summed E-state index contributed by atoms with van der Waals surface area (Å²) in [4.78, 5) is 12.0. The molecular formula is C12H14ClN5O. The average molecular weight is 280 g/mol. The van der Waals surface area contributed by atoms with Gasteiger partial charge in [0.25, 0.3) is 5.91 Å². The summed E-state index contributed by atoms with van der Waals surface area (Å²) in [6, 6.07) is 5.30. The number of aryl methyl sites for hydroxylation is 1. The fraction of sp³-hybridized carbons (Fsp3) is 0.250. The molecule has 100 valence electrons. The number of anilines is 1. The number of hydrogen-bond donors (Lipinski definition) is 2. The normalized spacial score (nSPS) is 10.5. The van der Waals surface area contributed by atoms with E-state index in [-0.39, 0.29) is 11.6 Å². The predicted octanol–water partition coefficient (Wildman–Crippen LogP) is 1.45. The Morgan fingerprint density at radius 1 is 1.53 bits per heavy atom. The van der Waals surface area contributed by atoms with Gasteiger partial charge in [-0.15, -0.1) is 5.10 Å². The van der Waals surface area contributed by atoms with Crippen LogP contribution in [-0.4, -0.2) is 27.4 Å². The summed E-state index contributed by atoms with van der Waals surface area (Å²) < 4.78 is 1.53. The lowest BCUT2D eigenvalue weighted by Crippen LogP contribution is -2.13. The van der Waals surface area contributed by atoms with Crippen LogP contribution in [0.25, 0.3) is 0 Å². The van der Waals surface area contributed by atoms with E-state index in [1.807, 2.05) is 13.0 Å². The van der Waals surface area contributed by atoms with Crippen LogP contribution in [0.2, 0.25) is 5.02 Å². The van der Waals surface area contributed by atoms with Crippen LogP contribution in [0.1, 0.15) is 16.1 Å². The molecule has 0 aliphatic heterocycles. The molecule has 0 fully saturated rings. The van der Waals surface area contributed by atoms with Crippen molar-refractivity contribution in [2.24, 2.45) is 5.73 Å². The van der Waals surface area contributed by atoms with Gasteiger partial charge in [-0.1, -0.05) is 22.9 Å². The minimum Gasteiger partial charge on any atom is -0.329 e. The Morgan fingerprint density at radius 3 is 3.05 bits per heavy atom. The second-order valence-corrected chi connectivity index (χ2v) is 4.51. The van der Waals surface area contributed by atoms with Gasteiger partial charge in [-0.25, -0.2) is 0 Å². The average Bonchev–Trinajstić information content (AvgIpc) is 2.83. The molecular weight excluding hydrogens is 266 g/mol. The van der Waals surface area contributed by atoms with Crippen molar-refractivity contribution in [1.82, 2.24) is 15.0 Å². The first-order chi connectivity index (χ1) is 9.10. The van der Waals surface area contributed by atoms with E-state index < -0.39 is 0 Å². The Bertz CT molecular complexity index is 596. The van der Waals surface area contributed by atoms with E-state index in [0.29, 0.717) is 23.8 Å². The molecule has 3 N–H and O–H groups in total. The van der Waals surface area contributed by atoms with Crippen LogP contribution in [0.15, 0.2) is 24.4 Å². The Hall–Kier alpha value is -1.92. The van der Waals surface area contributed by atoms with E-state index >= 15 is 0 Å². The maximum atomic E-state index is 12.0. The Kier molecular flexibility index (Phi) is 4.13. The largest absolute Gasteiger partial charge is 0.329 e. The molecule has 1 aromatic carbocycles. The molecule has 0 aliphatic rings. The molecule has 0 bridgehead atoms. The molecule has 0 aliphatic carbocycles. The van der Waals surface area contributed by atoms with Gasteiger partial charge in [-0.05, 0) is 24.6 Å². The van der Waals surface area contributed by atoms with Crippen LogP contribution in [-0.2, 0) is 6.54 Å². The molecule has 0 atom stereocenters. The van der Waals surface area contributed by atoms with E-state index in [9.17, 15) is 4.79 Å². The van der Waals surface area contributed by atoms with E-state index in [1.54, 1.807) is 18.3 Å². The molecule has 7 heteroatoms. The lowest BCUT2D eigenvalue weighted by molar-refractivity contribution is 0.102. The third-order valence-electron chi connectivity index (χ3n) is 2.58. The topological polar surface area (TPSA) is 85.8 Å². The van der Waals surface area contributed by atoms with Crippen molar-refractivity contribution in [2.45, 2.75) is 13.5 Å². The zero-order chi connectivity index (χ0) is 13.8. The summed E-state index contributed by atoms with van der Waals surface area (Å²) in [6.45, 7) is 2.85. The van der Waals surface area contributed by atoms with Crippen molar-refractivity contribution in [3.05, 3.63) is 40.7 Å². The van der Waals surface area contributed by atoms with Crippen LogP contribution >= 0.6 is 11.6 Å². The maximum Gasteiger partial charge on any atom is 0.277 e. The van der Waals surface area contributed by atoms with Gasteiger partial charge in [0.05, 0.1) is 12.7 Å². The molecule has 0 saturated heterocycles. The molecule has 0 saturated carbocycles. The summed E-state index contributed by atoms with van der Waals surface area (Å²) in [7, 11) is 0. The van der Waals surface area contributed by atoms with E-state index in [1.165, 1.54) is 4.68 Å². The minimum atomic E-state index is -0.325. The number of carbonyl (C=O) groups is 1. The van der Waals surface area contributed by atoms with Crippen LogP contribution in [0.4, 0.5) is 5.69 Å². The predicted molar refractivity (Wildman–Crippen MR) is 73.2 cm³/mol. The zero-order valence-corrected chi connectivity index (χ0v) is 11.2. The van der Waals surface area contributed by atoms with Crippen LogP contribution in [0.5, 0.6) is 0 Å². The van der Waals surface area contributed by atoms with Crippen molar-refractivity contribution in [1.29, 1.82) is 0 Å². The summed E-state index contributed by atoms with van der Waals surface area (Å²) in [5, 5.41) is 10.9. The van der Waals surface area contributed by atoms with Crippen molar-refractivity contribution in [2.75, 3.05) is 11.9 Å². The molecule has 19 heavy (non-hydrogen) atoms. The summed E-state index contributed by atoms with van der Waals surface area (Å²) in [5.74, 6) is -0.325. The van der Waals surface area contributed by atoms with Crippen molar-refractivity contribution >= 4 is 23.2 Å². The number of rotatable bonds is 4. The van der Waals surface area contributed by atoms with Crippen LogP contribution < -0.4 is 11.1 Å². The highest BCUT2D eigenvalue weighted by atomic mass is 35.5. The van der Waals surface area contributed by atoms with Crippen LogP contribution in [0.3, 0.4) is 0 Å². The molecule has 6 nitrogen and oxygen atoms in total. The lowest BCUT2D eigenvalue weighted by Gasteiger charge is -2.06. The molecule has 1 heterocycles. The molecule has 0 radical (unpaired) electrons. The fourth-order valence-electron chi connectivity index (χ4n) is 1.56. The third kappa shape index (κ3) is 3.30. The second kappa shape index (κ2) is 5.81. The summed E-state index contributed by atoms with van der Waals surface area (Å²) in [6.07, 6.45) is 1.56. The SMILES string of the molecule is Cc1ccc(Cl)cc1NC(=O)c1cn(CCN)nn1. The minimum absolute atomic E-state index is 0.243. The monoisotopic (exact) mass is 279 g/mol. The molecule has 2 rings (SSSR count). The van der Waals surface area contributed by atoms with Gasteiger partial charge in [-0.2, -0.15) is 0 Å². The second-order valence-electron chi connectivity index (χ2n) is 4.07. The first-order valence-corrected chi connectivity index (χ1v) is 6.15. The summed E-state index contributed by atoms with van der Waals surface area (Å²) in [5.41, 5.74) is 7.23. The number of benzene rings is 1. The van der Waals surface area contributed by atoms with Gasteiger partial charge in [0, 0.05) is 17.3 Å². The highest BCUT2D eigenvalue weighted by Crippen LogP contribution is 2.20. The number of aromatic nitrogens is 3. The van der Waals surface area contributed by atoms with Gasteiger partial charge in [0.2, 0.25) is 0 Å². The maximum absolute atomic E-state index is 12.0. The van der Waals surface area contributed by atoms with Crippen LogP contribution in [0, 0.1) is 6.92 Å². The zero-order valence-electron chi connectivity index (χ0n) is 10.4. The van der Waals surface area contributed by atoms with Crippen molar-refractivity contribution in [3.63, 3.8) is 0 Å². The van der Waals surface area contributed by atoms with Crippen molar-refractivity contribution in [3.8, 4) is 0 Å².